The van der Waals surface area contributed by atoms with Crippen LogP contribution in [0.5, 0.6) is 0 Å². The zero-order valence-electron chi connectivity index (χ0n) is 18.6. The predicted octanol–water partition coefficient (Wildman–Crippen LogP) is 5.42. The summed E-state index contributed by atoms with van der Waals surface area (Å²) in [6.07, 6.45) is 3.65. The topological polar surface area (TPSA) is 92.5 Å². The molecule has 0 saturated heterocycles. The number of hydrogen-bond acceptors (Lipinski definition) is 4. The van der Waals surface area contributed by atoms with Gasteiger partial charge in [0.1, 0.15) is 0 Å². The average Bonchev–Trinajstić information content (AvgIpc) is 2.83. The van der Waals surface area contributed by atoms with Gasteiger partial charge in [0.25, 0.3) is 5.91 Å². The van der Waals surface area contributed by atoms with Crippen molar-refractivity contribution in [2.45, 2.75) is 38.5 Å². The van der Waals surface area contributed by atoms with Crippen LogP contribution in [0.2, 0.25) is 0 Å². The minimum atomic E-state index is -0.393. The maximum atomic E-state index is 13.1. The molecule has 0 aliphatic carbocycles. The van der Waals surface area contributed by atoms with Crippen LogP contribution in [0.3, 0.4) is 0 Å². The minimum Gasteiger partial charge on any atom is -0.397 e. The van der Waals surface area contributed by atoms with E-state index in [0.29, 0.717) is 29.8 Å². The van der Waals surface area contributed by atoms with Crippen LogP contribution in [0, 0.1) is 0 Å². The van der Waals surface area contributed by atoms with E-state index in [0.717, 1.165) is 24.9 Å². The number of rotatable bonds is 10. The van der Waals surface area contributed by atoms with E-state index in [4.69, 9.17) is 5.73 Å². The minimum absolute atomic E-state index is 0.0172. The fraction of sp³-hybridized carbons (Fsp3) is 0.222. The molecule has 3 aromatic rings. The predicted molar refractivity (Wildman–Crippen MR) is 132 cm³/mol. The highest BCUT2D eigenvalue weighted by molar-refractivity contribution is 6.22. The molecule has 6 nitrogen and oxygen atoms in total. The van der Waals surface area contributed by atoms with Crippen molar-refractivity contribution in [3.05, 3.63) is 90.5 Å². The van der Waals surface area contributed by atoms with Crippen LogP contribution in [0.1, 0.15) is 48.9 Å². The lowest BCUT2D eigenvalue weighted by atomic mass is 10.1. The first kappa shape index (κ1) is 23.7. The van der Waals surface area contributed by atoms with Gasteiger partial charge in [-0.05, 0) is 49.2 Å². The summed E-state index contributed by atoms with van der Waals surface area (Å²) in [7, 11) is 0. The van der Waals surface area contributed by atoms with Crippen LogP contribution in [-0.2, 0) is 9.59 Å². The Bertz CT molecular complexity index is 1070. The first-order valence-electron chi connectivity index (χ1n) is 11.2. The van der Waals surface area contributed by atoms with Gasteiger partial charge in [0, 0.05) is 24.1 Å². The lowest BCUT2D eigenvalue weighted by molar-refractivity contribution is -0.118. The van der Waals surface area contributed by atoms with Crippen molar-refractivity contribution in [2.24, 2.45) is 0 Å². The molecule has 6 heteroatoms. The molecule has 0 atom stereocenters. The molecule has 0 bridgehead atoms. The van der Waals surface area contributed by atoms with Crippen molar-refractivity contribution >= 4 is 34.8 Å². The van der Waals surface area contributed by atoms with E-state index in [-0.39, 0.29) is 18.2 Å². The summed E-state index contributed by atoms with van der Waals surface area (Å²) in [6, 6.07) is 24.9. The number of nitrogens with two attached hydrogens (primary N) is 1. The Morgan fingerprint density at radius 1 is 0.697 bits per heavy atom. The van der Waals surface area contributed by atoms with E-state index in [1.54, 1.807) is 48.5 Å². The number of unbranched alkanes of at least 4 members (excludes halogenated alkanes) is 3. The second-order valence-electron chi connectivity index (χ2n) is 7.79. The average molecular weight is 444 g/mol. The van der Waals surface area contributed by atoms with Crippen LogP contribution < -0.4 is 16.0 Å². The second kappa shape index (κ2) is 12.2. The highest BCUT2D eigenvalue weighted by Gasteiger charge is 2.25. The summed E-state index contributed by atoms with van der Waals surface area (Å²) >= 11 is 0. The number of hydrogen-bond donors (Lipinski definition) is 2. The molecule has 170 valence electrons. The molecule has 0 aliphatic heterocycles. The molecule has 3 aromatic carbocycles. The molecule has 3 N–H and O–H groups in total. The lowest BCUT2D eigenvalue weighted by Crippen LogP contribution is -2.37. The molecule has 0 unspecified atom stereocenters. The third-order valence-electron chi connectivity index (χ3n) is 5.25. The first-order valence-corrected chi connectivity index (χ1v) is 11.2. The van der Waals surface area contributed by atoms with Gasteiger partial charge in [-0.25, -0.2) is 4.90 Å². The molecule has 0 aliphatic rings. The number of carbonyl (C=O) groups is 3. The highest BCUT2D eigenvalue weighted by Crippen LogP contribution is 2.26. The third-order valence-corrected chi connectivity index (χ3v) is 5.25. The fourth-order valence-corrected chi connectivity index (χ4v) is 3.53. The normalized spacial score (nSPS) is 10.4. The smallest absolute Gasteiger partial charge is 0.265 e. The fourth-order valence-electron chi connectivity index (χ4n) is 3.53. The van der Waals surface area contributed by atoms with Crippen LogP contribution in [0.25, 0.3) is 0 Å². The maximum Gasteiger partial charge on any atom is 0.265 e. The molecule has 0 spiro atoms. The van der Waals surface area contributed by atoms with Crippen molar-refractivity contribution < 1.29 is 14.4 Å². The van der Waals surface area contributed by atoms with Crippen LogP contribution in [-0.4, -0.2) is 17.7 Å². The summed E-state index contributed by atoms with van der Waals surface area (Å²) in [4.78, 5) is 39.3. The van der Waals surface area contributed by atoms with E-state index in [2.05, 4.69) is 5.32 Å². The van der Waals surface area contributed by atoms with Crippen molar-refractivity contribution in [1.82, 2.24) is 0 Å². The Balaban J connectivity index is 1.50. The van der Waals surface area contributed by atoms with Crippen LogP contribution in [0.4, 0.5) is 17.1 Å². The number of para-hydroxylation sites is 3. The highest BCUT2D eigenvalue weighted by atomic mass is 16.2. The van der Waals surface area contributed by atoms with Crippen molar-refractivity contribution in [1.29, 1.82) is 0 Å². The summed E-state index contributed by atoms with van der Waals surface area (Å²) in [6.45, 7) is 0. The third kappa shape index (κ3) is 7.04. The molecule has 0 fully saturated rings. The molecule has 3 rings (SSSR count). The van der Waals surface area contributed by atoms with Gasteiger partial charge in [-0.3, -0.25) is 14.4 Å². The van der Waals surface area contributed by atoms with E-state index < -0.39 is 5.91 Å². The number of nitrogens with one attached hydrogen (secondary N) is 1. The zero-order chi connectivity index (χ0) is 23.5. The Hall–Kier alpha value is -3.93. The first-order chi connectivity index (χ1) is 16.1. The molecular weight excluding hydrogens is 414 g/mol. The second-order valence-corrected chi connectivity index (χ2v) is 7.79. The van der Waals surface area contributed by atoms with Gasteiger partial charge in [0.05, 0.1) is 11.4 Å². The maximum absolute atomic E-state index is 13.1. The molecule has 0 aromatic heterocycles. The number of anilines is 3. The van der Waals surface area contributed by atoms with Crippen molar-refractivity contribution in [2.75, 3.05) is 16.0 Å². The SMILES string of the molecule is Nc1ccccc1N(C(=O)CCCCCCC(=O)Nc1ccccc1)C(=O)c1ccccc1. The Morgan fingerprint density at radius 3 is 1.94 bits per heavy atom. The number of imide groups is 1. The number of amides is 3. The van der Waals surface area contributed by atoms with Crippen LogP contribution >= 0.6 is 0 Å². The monoisotopic (exact) mass is 443 g/mol. The quantitative estimate of drug-likeness (QED) is 0.323. The van der Waals surface area contributed by atoms with E-state index >= 15 is 0 Å². The number of nitrogens with zero attached hydrogens (tertiary/aromatic N) is 1. The summed E-state index contributed by atoms with van der Waals surface area (Å²) in [5, 5.41) is 2.87. The van der Waals surface area contributed by atoms with E-state index in [1.807, 2.05) is 36.4 Å². The van der Waals surface area contributed by atoms with Gasteiger partial charge < -0.3 is 11.1 Å². The summed E-state index contributed by atoms with van der Waals surface area (Å²) in [5.74, 6) is -0.698. The molecule has 0 heterocycles. The number of benzene rings is 3. The number of carbonyl (C=O) groups excluding carboxylic acids is 3. The Labute approximate surface area is 194 Å². The Kier molecular flexibility index (Phi) is 8.77. The summed E-state index contributed by atoms with van der Waals surface area (Å²) in [5.41, 5.74) is 8.06. The van der Waals surface area contributed by atoms with Crippen LogP contribution in [0.15, 0.2) is 84.9 Å². The van der Waals surface area contributed by atoms with Gasteiger partial charge in [-0.15, -0.1) is 0 Å². The summed E-state index contributed by atoms with van der Waals surface area (Å²) < 4.78 is 0. The molecule has 0 radical (unpaired) electrons. The Morgan fingerprint density at radius 2 is 1.27 bits per heavy atom. The number of nitrogen functional groups attached to an aromatic ring is 1. The molecule has 3 amide bonds. The van der Waals surface area contributed by atoms with Gasteiger partial charge in [-0.2, -0.15) is 0 Å². The van der Waals surface area contributed by atoms with Gasteiger partial charge in [0.15, 0.2) is 0 Å². The molecule has 0 saturated carbocycles. The van der Waals surface area contributed by atoms with Gasteiger partial charge in [-0.1, -0.05) is 61.4 Å². The molecular formula is C27H29N3O3. The lowest BCUT2D eigenvalue weighted by Gasteiger charge is -2.22. The van der Waals surface area contributed by atoms with Crippen molar-refractivity contribution in [3.63, 3.8) is 0 Å². The largest absolute Gasteiger partial charge is 0.397 e. The van der Waals surface area contributed by atoms with E-state index in [1.165, 1.54) is 4.90 Å². The van der Waals surface area contributed by atoms with E-state index in [9.17, 15) is 14.4 Å². The van der Waals surface area contributed by atoms with Gasteiger partial charge in [0.2, 0.25) is 11.8 Å². The van der Waals surface area contributed by atoms with Gasteiger partial charge >= 0.3 is 0 Å². The molecule has 33 heavy (non-hydrogen) atoms. The zero-order valence-corrected chi connectivity index (χ0v) is 18.6. The standard InChI is InChI=1S/C27H29N3O3/c28-23-17-11-12-18-24(23)30(27(33)21-13-5-3-6-14-21)26(32)20-10-2-1-9-19-25(31)29-22-15-7-4-8-16-22/h3-8,11-18H,1-2,9-10,19-20,28H2,(H,29,31). The van der Waals surface area contributed by atoms with Crippen molar-refractivity contribution in [3.8, 4) is 0 Å².